The number of aliphatic imine (C=N–C) groups is 1. The molecule has 0 unspecified atom stereocenters. The number of carbonyl (C=O) groups excluding carboxylic acids is 4. The van der Waals surface area contributed by atoms with E-state index < -0.39 is 24.3 Å². The van der Waals surface area contributed by atoms with Gasteiger partial charge in [0.05, 0.1) is 43.0 Å². The van der Waals surface area contributed by atoms with Gasteiger partial charge in [-0.05, 0) is 83.0 Å². The molecule has 7 rings (SSSR count). The number of fused-ring (bicyclic) bond motifs is 2. The van der Waals surface area contributed by atoms with Crippen LogP contribution in [0.5, 0.6) is 0 Å². The number of aromatic nitrogens is 2. The number of H-pyrrole nitrogens is 1. The second-order valence-corrected chi connectivity index (χ2v) is 16.3. The number of nitrogens with one attached hydrogen (secondary N) is 3. The predicted octanol–water partition coefficient (Wildman–Crippen LogP) is 7.19. The first-order valence-corrected chi connectivity index (χ1v) is 20.0. The third-order valence-electron chi connectivity index (χ3n) is 11.6. The predicted molar refractivity (Wildman–Crippen MR) is 219 cm³/mol. The zero-order valence-corrected chi connectivity index (χ0v) is 33.8. The van der Waals surface area contributed by atoms with Gasteiger partial charge in [-0.3, -0.25) is 14.6 Å². The van der Waals surface area contributed by atoms with Crippen LogP contribution in [0.25, 0.3) is 33.3 Å². The minimum atomic E-state index is -0.690. The van der Waals surface area contributed by atoms with Crippen molar-refractivity contribution in [1.29, 1.82) is 0 Å². The molecular formula is C44H53N7O6. The number of hydrogen-bond acceptors (Lipinski definition) is 8. The number of imidazole rings is 1. The highest BCUT2D eigenvalue weighted by Gasteiger charge is 2.41. The summed E-state index contributed by atoms with van der Waals surface area (Å²) in [7, 11) is 2.60. The van der Waals surface area contributed by atoms with Gasteiger partial charge in [-0.2, -0.15) is 0 Å². The third kappa shape index (κ3) is 8.10. The fourth-order valence-electron chi connectivity index (χ4n) is 8.48. The summed E-state index contributed by atoms with van der Waals surface area (Å²) in [6.07, 6.45) is 1.91. The Bertz CT molecular complexity index is 2190. The molecule has 300 valence electrons. The number of aromatic amines is 1. The van der Waals surface area contributed by atoms with Crippen LogP contribution in [0, 0.1) is 17.8 Å². The molecule has 0 radical (unpaired) electrons. The summed E-state index contributed by atoms with van der Waals surface area (Å²) in [6.45, 7) is 11.0. The van der Waals surface area contributed by atoms with Gasteiger partial charge in [0, 0.05) is 25.2 Å². The molecule has 0 spiro atoms. The highest BCUT2D eigenvalue weighted by Crippen LogP contribution is 2.38. The lowest BCUT2D eigenvalue weighted by Gasteiger charge is -2.31. The van der Waals surface area contributed by atoms with Crippen LogP contribution in [-0.4, -0.2) is 94.9 Å². The monoisotopic (exact) mass is 775 g/mol. The highest BCUT2D eigenvalue weighted by atomic mass is 16.5. The molecule has 4 aromatic rings. The maximum atomic E-state index is 13.8. The van der Waals surface area contributed by atoms with Crippen LogP contribution < -0.4 is 10.6 Å². The van der Waals surface area contributed by atoms with E-state index in [2.05, 4.69) is 77.1 Å². The van der Waals surface area contributed by atoms with Crippen molar-refractivity contribution in [2.24, 2.45) is 22.7 Å². The maximum absolute atomic E-state index is 13.8. The minimum Gasteiger partial charge on any atom is -0.453 e. The van der Waals surface area contributed by atoms with Gasteiger partial charge in [-0.25, -0.2) is 14.6 Å². The van der Waals surface area contributed by atoms with Gasteiger partial charge in [-0.1, -0.05) is 77.1 Å². The van der Waals surface area contributed by atoms with Gasteiger partial charge in [0.2, 0.25) is 11.8 Å². The van der Waals surface area contributed by atoms with Crippen LogP contribution in [0.4, 0.5) is 15.3 Å². The number of hydrogen-bond donors (Lipinski definition) is 3. The molecule has 1 aromatic heterocycles. The Balaban J connectivity index is 1.06. The molecule has 3 aliphatic rings. The number of amides is 4. The summed E-state index contributed by atoms with van der Waals surface area (Å²) in [5.41, 5.74) is 9.00. The Labute approximate surface area is 333 Å². The molecule has 3 aliphatic heterocycles. The van der Waals surface area contributed by atoms with Crippen molar-refractivity contribution in [2.45, 2.75) is 84.5 Å². The van der Waals surface area contributed by atoms with Crippen molar-refractivity contribution in [2.75, 3.05) is 27.3 Å². The average molecular weight is 776 g/mol. The van der Waals surface area contributed by atoms with Gasteiger partial charge in [0.15, 0.2) is 0 Å². The number of rotatable bonds is 10. The van der Waals surface area contributed by atoms with Crippen LogP contribution in [0.3, 0.4) is 0 Å². The van der Waals surface area contributed by atoms with Crippen LogP contribution in [-0.2, 0) is 25.5 Å². The van der Waals surface area contributed by atoms with Crippen molar-refractivity contribution < 1.29 is 28.7 Å². The second kappa shape index (κ2) is 16.4. The molecule has 4 amide bonds. The van der Waals surface area contributed by atoms with Crippen LogP contribution in [0.1, 0.15) is 71.3 Å². The van der Waals surface area contributed by atoms with Gasteiger partial charge in [-0.15, -0.1) is 0 Å². The van der Waals surface area contributed by atoms with Crippen LogP contribution >= 0.6 is 0 Å². The van der Waals surface area contributed by atoms with Gasteiger partial charge >= 0.3 is 12.2 Å². The molecule has 5 atom stereocenters. The van der Waals surface area contributed by atoms with E-state index in [4.69, 9.17) is 19.5 Å². The molecule has 3 aromatic carbocycles. The molecular weight excluding hydrogens is 723 g/mol. The number of alkyl carbamates (subject to hydrolysis) is 2. The summed E-state index contributed by atoms with van der Waals surface area (Å²) >= 11 is 0. The van der Waals surface area contributed by atoms with Gasteiger partial charge < -0.3 is 34.9 Å². The van der Waals surface area contributed by atoms with E-state index in [1.54, 1.807) is 0 Å². The lowest BCUT2D eigenvalue weighted by Crippen LogP contribution is -2.53. The van der Waals surface area contributed by atoms with Crippen LogP contribution in [0.15, 0.2) is 65.7 Å². The van der Waals surface area contributed by atoms with E-state index in [0.29, 0.717) is 25.4 Å². The van der Waals surface area contributed by atoms with Crippen molar-refractivity contribution in [3.05, 3.63) is 72.1 Å². The fraction of sp³-hybridized carbons (Fsp3) is 0.455. The van der Waals surface area contributed by atoms with E-state index in [1.807, 2.05) is 43.6 Å². The number of carbonyl (C=O) groups is 4. The number of likely N-dealkylation sites (tertiary alicyclic amines) is 2. The summed E-state index contributed by atoms with van der Waals surface area (Å²) < 4.78 is 9.58. The van der Waals surface area contributed by atoms with E-state index in [9.17, 15) is 19.2 Å². The molecule has 3 N–H and O–H groups in total. The molecule has 0 saturated carbocycles. The Morgan fingerprint density at radius 3 is 1.96 bits per heavy atom. The minimum absolute atomic E-state index is 0.0967. The second-order valence-electron chi connectivity index (χ2n) is 16.3. The Morgan fingerprint density at radius 2 is 1.35 bits per heavy atom. The summed E-state index contributed by atoms with van der Waals surface area (Å²) in [5.74, 6) is 0.613. The highest BCUT2D eigenvalue weighted by molar-refractivity contribution is 6.01. The zero-order chi connectivity index (χ0) is 40.5. The fourth-order valence-corrected chi connectivity index (χ4v) is 8.48. The van der Waals surface area contributed by atoms with Crippen LogP contribution in [0.2, 0.25) is 0 Å². The van der Waals surface area contributed by atoms with E-state index in [-0.39, 0.29) is 35.7 Å². The normalized spacial score (nSPS) is 20.1. The van der Waals surface area contributed by atoms with E-state index in [1.165, 1.54) is 14.2 Å². The van der Waals surface area contributed by atoms with Crippen molar-refractivity contribution in [1.82, 2.24) is 30.4 Å². The lowest BCUT2D eigenvalue weighted by atomic mass is 9.97. The summed E-state index contributed by atoms with van der Waals surface area (Å²) in [5, 5.41) is 5.45. The molecule has 13 nitrogen and oxygen atoms in total. The largest absolute Gasteiger partial charge is 0.453 e. The first-order chi connectivity index (χ1) is 27.3. The first-order valence-electron chi connectivity index (χ1n) is 20.0. The Hall–Kier alpha value is -5.72. The molecule has 2 saturated heterocycles. The quantitative estimate of drug-likeness (QED) is 0.154. The van der Waals surface area contributed by atoms with E-state index in [0.717, 1.165) is 75.3 Å². The van der Waals surface area contributed by atoms with Gasteiger partial charge in [0.25, 0.3) is 0 Å². The van der Waals surface area contributed by atoms with Gasteiger partial charge in [0.1, 0.15) is 17.9 Å². The maximum Gasteiger partial charge on any atom is 0.407 e. The SMILES string of the molecule is COC(=O)N[C@H](C(=O)N1C[C@@H](C)C[C@H]1C1=Nc2cc(-c3ccc(-c4ccc5nc([C@@H]6CCCN6C(=O)[C@@H](NC(=O)OC)C(C)C)[nH]c5c4)cc3)ccc2C1)C(C)C. The first kappa shape index (κ1) is 39.5. The Morgan fingerprint density at radius 1 is 0.772 bits per heavy atom. The average Bonchev–Trinajstić information content (AvgIpc) is 4.02. The molecule has 2 fully saturated rings. The third-order valence-corrected chi connectivity index (χ3v) is 11.6. The molecule has 0 aliphatic carbocycles. The molecule has 13 heteroatoms. The summed E-state index contributed by atoms with van der Waals surface area (Å²) in [6, 6.07) is 19.3. The standard InChI is InChI=1S/C44H53N7O6/c1-24(2)38(48-43(54)56-6)41(52)50-18-8-9-36(50)40-46-32-17-16-30(21-34(32)47-40)28-12-10-27(11-13-28)29-14-15-31-22-35(45-33(31)20-29)37-19-26(5)23-51(37)42(53)39(25(3)4)49-44(55)57-7/h10-17,20-21,24-26,36-39H,8-9,18-19,22-23H2,1-7H3,(H,46,47)(H,48,54)(H,49,55)/t26-,36-,37-,38-,39-/m0/s1. The number of ether oxygens (including phenoxy) is 2. The molecule has 0 bridgehead atoms. The smallest absolute Gasteiger partial charge is 0.407 e. The Kier molecular flexibility index (Phi) is 11.4. The van der Waals surface area contributed by atoms with Crippen molar-refractivity contribution in [3.8, 4) is 22.3 Å². The van der Waals surface area contributed by atoms with Crippen molar-refractivity contribution >= 4 is 46.4 Å². The number of nitrogens with zero attached hydrogens (tertiary/aromatic N) is 4. The molecule has 4 heterocycles. The van der Waals surface area contributed by atoms with E-state index >= 15 is 0 Å². The zero-order valence-electron chi connectivity index (χ0n) is 33.8. The topological polar surface area (TPSA) is 158 Å². The van der Waals surface area contributed by atoms with Crippen molar-refractivity contribution in [3.63, 3.8) is 0 Å². The lowest BCUT2D eigenvalue weighted by molar-refractivity contribution is -0.135. The number of methoxy groups -OCH3 is 2. The molecule has 57 heavy (non-hydrogen) atoms. The number of benzene rings is 3. The summed E-state index contributed by atoms with van der Waals surface area (Å²) in [4.78, 5) is 68.7.